The van der Waals surface area contributed by atoms with Gasteiger partial charge in [-0.1, -0.05) is 12.1 Å². The summed E-state index contributed by atoms with van der Waals surface area (Å²) < 4.78 is 10.6. The van der Waals surface area contributed by atoms with Gasteiger partial charge in [0.05, 0.1) is 17.0 Å². The molecule has 144 valence electrons. The Morgan fingerprint density at radius 2 is 1.81 bits per heavy atom. The SMILES string of the molecule is CCOC(=O)c1c(NC(=O)COc2cccc(C)c2C)sc(C(C)=O)c1C. The second-order valence-corrected chi connectivity index (χ2v) is 7.09. The van der Waals surface area contributed by atoms with Crippen LogP contribution in [0.1, 0.15) is 50.6 Å². The zero-order valence-corrected chi connectivity index (χ0v) is 16.9. The Kier molecular flexibility index (Phi) is 6.74. The van der Waals surface area contributed by atoms with E-state index in [9.17, 15) is 14.4 Å². The van der Waals surface area contributed by atoms with Crippen LogP contribution in [0.3, 0.4) is 0 Å². The van der Waals surface area contributed by atoms with Gasteiger partial charge in [-0.15, -0.1) is 11.3 Å². The minimum Gasteiger partial charge on any atom is -0.483 e. The van der Waals surface area contributed by atoms with E-state index in [0.717, 1.165) is 22.5 Å². The van der Waals surface area contributed by atoms with Crippen LogP contribution in [0.4, 0.5) is 5.00 Å². The Hall–Kier alpha value is -2.67. The van der Waals surface area contributed by atoms with Gasteiger partial charge in [0.25, 0.3) is 5.91 Å². The van der Waals surface area contributed by atoms with E-state index in [1.807, 2.05) is 26.0 Å². The normalized spacial score (nSPS) is 10.4. The van der Waals surface area contributed by atoms with Gasteiger partial charge in [-0.05, 0) is 57.4 Å². The van der Waals surface area contributed by atoms with Crippen LogP contribution in [-0.2, 0) is 9.53 Å². The third-order valence-electron chi connectivity index (χ3n) is 4.11. The van der Waals surface area contributed by atoms with Crippen molar-refractivity contribution in [2.75, 3.05) is 18.5 Å². The van der Waals surface area contributed by atoms with Crippen molar-refractivity contribution in [3.63, 3.8) is 0 Å². The number of rotatable bonds is 7. The van der Waals surface area contributed by atoms with Gasteiger partial charge in [0.15, 0.2) is 12.4 Å². The molecule has 0 saturated carbocycles. The van der Waals surface area contributed by atoms with Crippen molar-refractivity contribution in [3.05, 3.63) is 45.3 Å². The van der Waals surface area contributed by atoms with E-state index in [4.69, 9.17) is 9.47 Å². The summed E-state index contributed by atoms with van der Waals surface area (Å²) in [5.41, 5.74) is 2.75. The average Bonchev–Trinajstić information content (AvgIpc) is 2.92. The third-order valence-corrected chi connectivity index (χ3v) is 5.42. The second kappa shape index (κ2) is 8.81. The largest absolute Gasteiger partial charge is 0.483 e. The molecule has 0 spiro atoms. The first kappa shape index (κ1) is 20.6. The monoisotopic (exact) mass is 389 g/mol. The molecule has 0 aliphatic rings. The molecule has 2 rings (SSSR count). The summed E-state index contributed by atoms with van der Waals surface area (Å²) >= 11 is 1.07. The van der Waals surface area contributed by atoms with Crippen molar-refractivity contribution >= 4 is 34.0 Å². The van der Waals surface area contributed by atoms with E-state index >= 15 is 0 Å². The Labute approximate surface area is 162 Å². The van der Waals surface area contributed by atoms with Gasteiger partial charge in [0, 0.05) is 0 Å². The molecule has 0 unspecified atom stereocenters. The van der Waals surface area contributed by atoms with Crippen molar-refractivity contribution < 1.29 is 23.9 Å². The zero-order valence-electron chi connectivity index (χ0n) is 16.1. The average molecular weight is 389 g/mol. The molecule has 1 aromatic heterocycles. The minimum absolute atomic E-state index is 0.171. The first-order chi connectivity index (χ1) is 12.8. The quantitative estimate of drug-likeness (QED) is 0.570. The molecule has 2 aromatic rings. The number of ether oxygens (including phenoxy) is 2. The summed E-state index contributed by atoms with van der Waals surface area (Å²) in [7, 11) is 0. The number of Topliss-reactive ketones (excluding diaryl/α,β-unsaturated/α-hetero) is 1. The lowest BCUT2D eigenvalue weighted by Gasteiger charge is -2.11. The van der Waals surface area contributed by atoms with E-state index in [1.54, 1.807) is 19.9 Å². The van der Waals surface area contributed by atoms with Crippen LogP contribution in [0, 0.1) is 20.8 Å². The molecule has 0 bridgehead atoms. The van der Waals surface area contributed by atoms with Gasteiger partial charge in [0.2, 0.25) is 0 Å². The lowest BCUT2D eigenvalue weighted by atomic mass is 10.1. The number of amides is 1. The molecule has 6 nitrogen and oxygen atoms in total. The van der Waals surface area contributed by atoms with E-state index < -0.39 is 11.9 Å². The Morgan fingerprint density at radius 3 is 2.44 bits per heavy atom. The fraction of sp³-hybridized carbons (Fsp3) is 0.350. The Morgan fingerprint density at radius 1 is 1.11 bits per heavy atom. The highest BCUT2D eigenvalue weighted by atomic mass is 32.1. The summed E-state index contributed by atoms with van der Waals surface area (Å²) in [5, 5.41) is 2.97. The second-order valence-electron chi connectivity index (χ2n) is 6.07. The van der Waals surface area contributed by atoms with Gasteiger partial charge in [-0.3, -0.25) is 9.59 Å². The van der Waals surface area contributed by atoms with E-state index in [-0.39, 0.29) is 24.6 Å². The predicted molar refractivity (Wildman–Crippen MR) is 105 cm³/mol. The fourth-order valence-corrected chi connectivity index (χ4v) is 3.68. The number of benzene rings is 1. The number of carbonyl (C=O) groups excluding carboxylic acids is 3. The van der Waals surface area contributed by atoms with Crippen molar-refractivity contribution in [2.24, 2.45) is 0 Å². The van der Waals surface area contributed by atoms with Gasteiger partial charge in [-0.25, -0.2) is 4.79 Å². The van der Waals surface area contributed by atoms with Crippen molar-refractivity contribution in [3.8, 4) is 5.75 Å². The standard InChI is InChI=1S/C20H23NO5S/c1-6-25-20(24)17-13(4)18(14(5)22)27-19(17)21-16(23)10-26-15-9-7-8-11(2)12(15)3/h7-9H,6,10H2,1-5H3,(H,21,23). The number of esters is 1. The smallest absolute Gasteiger partial charge is 0.341 e. The van der Waals surface area contributed by atoms with E-state index in [1.165, 1.54) is 6.92 Å². The van der Waals surface area contributed by atoms with Crippen molar-refractivity contribution in [1.29, 1.82) is 0 Å². The minimum atomic E-state index is -0.565. The van der Waals surface area contributed by atoms with Crippen LogP contribution in [0.25, 0.3) is 0 Å². The topological polar surface area (TPSA) is 81.7 Å². The highest BCUT2D eigenvalue weighted by Crippen LogP contribution is 2.34. The Bertz CT molecular complexity index is 885. The molecule has 1 amide bonds. The fourth-order valence-electron chi connectivity index (χ4n) is 2.57. The first-order valence-corrected chi connectivity index (χ1v) is 9.38. The van der Waals surface area contributed by atoms with Gasteiger partial charge in [-0.2, -0.15) is 0 Å². The van der Waals surface area contributed by atoms with Gasteiger partial charge < -0.3 is 14.8 Å². The number of anilines is 1. The zero-order chi connectivity index (χ0) is 20.1. The molecular formula is C20H23NO5S. The van der Waals surface area contributed by atoms with E-state index in [0.29, 0.717) is 21.2 Å². The molecular weight excluding hydrogens is 366 g/mol. The molecule has 0 fully saturated rings. The summed E-state index contributed by atoms with van der Waals surface area (Å²) in [6.07, 6.45) is 0. The van der Waals surface area contributed by atoms with Crippen LogP contribution < -0.4 is 10.1 Å². The lowest BCUT2D eigenvalue weighted by molar-refractivity contribution is -0.118. The van der Waals surface area contributed by atoms with Gasteiger partial charge in [0.1, 0.15) is 10.8 Å². The van der Waals surface area contributed by atoms with Crippen LogP contribution in [-0.4, -0.2) is 30.9 Å². The number of aryl methyl sites for hydroxylation is 1. The molecule has 0 radical (unpaired) electrons. The number of nitrogens with one attached hydrogen (secondary N) is 1. The van der Waals surface area contributed by atoms with Crippen LogP contribution in [0.2, 0.25) is 0 Å². The number of ketones is 1. The van der Waals surface area contributed by atoms with Crippen LogP contribution in [0.15, 0.2) is 18.2 Å². The number of hydrogen-bond acceptors (Lipinski definition) is 6. The van der Waals surface area contributed by atoms with Crippen molar-refractivity contribution in [2.45, 2.75) is 34.6 Å². The molecule has 0 aliphatic heterocycles. The Balaban J connectivity index is 2.19. The maximum absolute atomic E-state index is 12.3. The van der Waals surface area contributed by atoms with E-state index in [2.05, 4.69) is 5.32 Å². The number of thiophene rings is 1. The molecule has 0 saturated heterocycles. The molecule has 0 atom stereocenters. The highest BCUT2D eigenvalue weighted by molar-refractivity contribution is 7.18. The first-order valence-electron chi connectivity index (χ1n) is 8.56. The molecule has 1 aromatic carbocycles. The molecule has 1 heterocycles. The van der Waals surface area contributed by atoms with Gasteiger partial charge >= 0.3 is 5.97 Å². The predicted octanol–water partition coefficient (Wildman–Crippen LogP) is 4.07. The molecule has 27 heavy (non-hydrogen) atoms. The third kappa shape index (κ3) is 4.74. The van der Waals surface area contributed by atoms with Crippen molar-refractivity contribution in [1.82, 2.24) is 0 Å². The molecule has 0 aliphatic carbocycles. The summed E-state index contributed by atoms with van der Waals surface area (Å²) in [4.78, 5) is 36.8. The highest BCUT2D eigenvalue weighted by Gasteiger charge is 2.25. The molecule has 1 N–H and O–H groups in total. The summed E-state index contributed by atoms with van der Waals surface area (Å²) in [5.74, 6) is -0.528. The summed E-state index contributed by atoms with van der Waals surface area (Å²) in [6.45, 7) is 8.66. The number of hydrogen-bond donors (Lipinski definition) is 1. The van der Waals surface area contributed by atoms with Crippen LogP contribution in [0.5, 0.6) is 5.75 Å². The summed E-state index contributed by atoms with van der Waals surface area (Å²) in [6, 6.07) is 5.62. The van der Waals surface area contributed by atoms with Crippen LogP contribution >= 0.6 is 11.3 Å². The molecule has 7 heteroatoms. The maximum atomic E-state index is 12.3. The lowest BCUT2D eigenvalue weighted by Crippen LogP contribution is -2.21. The maximum Gasteiger partial charge on any atom is 0.341 e. The number of carbonyl (C=O) groups is 3.